The number of carbonyl (C=O) groups is 1. The van der Waals surface area contributed by atoms with Crippen LogP contribution in [-0.4, -0.2) is 49.6 Å². The summed E-state index contributed by atoms with van der Waals surface area (Å²) in [5.41, 5.74) is 2.11. The Morgan fingerprint density at radius 2 is 2.00 bits per heavy atom. The van der Waals surface area contributed by atoms with E-state index in [2.05, 4.69) is 27.5 Å². The number of amides is 1. The summed E-state index contributed by atoms with van der Waals surface area (Å²) in [5.74, 6) is 1.92. The fourth-order valence-corrected chi connectivity index (χ4v) is 4.39. The highest BCUT2D eigenvalue weighted by Gasteiger charge is 2.20. The van der Waals surface area contributed by atoms with E-state index in [1.54, 1.807) is 25.6 Å². The first-order valence-corrected chi connectivity index (χ1v) is 11.1. The summed E-state index contributed by atoms with van der Waals surface area (Å²) >= 11 is 1.75. The Hall–Kier alpha value is -2.12. The maximum atomic E-state index is 12.3. The summed E-state index contributed by atoms with van der Waals surface area (Å²) < 4.78 is 10.6. The van der Waals surface area contributed by atoms with Crippen LogP contribution in [-0.2, 0) is 24.2 Å². The van der Waals surface area contributed by atoms with Gasteiger partial charge in [0.2, 0.25) is 5.91 Å². The van der Waals surface area contributed by atoms with Gasteiger partial charge in [-0.15, -0.1) is 11.3 Å². The standard InChI is InChI=1S/C22H31N3O3S/c1-4-22-24-18(15-29-22)14-25-9-7-16(8-10-25)13-23-21(26)12-17-5-6-19(27-2)20(11-17)28-3/h5-6,11,15-16H,4,7-10,12-14H2,1-3H3,(H,23,26). The van der Waals surface area contributed by atoms with E-state index in [-0.39, 0.29) is 5.91 Å². The van der Waals surface area contributed by atoms with E-state index in [0.29, 0.717) is 23.8 Å². The molecule has 0 unspecified atom stereocenters. The minimum absolute atomic E-state index is 0.0502. The average molecular weight is 418 g/mol. The van der Waals surface area contributed by atoms with Crippen molar-refractivity contribution < 1.29 is 14.3 Å². The van der Waals surface area contributed by atoms with Gasteiger partial charge in [-0.3, -0.25) is 9.69 Å². The van der Waals surface area contributed by atoms with Gasteiger partial charge >= 0.3 is 0 Å². The zero-order valence-corrected chi connectivity index (χ0v) is 18.4. The molecule has 158 valence electrons. The molecule has 2 aromatic rings. The van der Waals surface area contributed by atoms with Gasteiger partial charge in [0.05, 0.1) is 31.3 Å². The van der Waals surface area contributed by atoms with Crippen molar-refractivity contribution >= 4 is 17.2 Å². The number of hydrogen-bond donors (Lipinski definition) is 1. The van der Waals surface area contributed by atoms with Gasteiger partial charge in [0.1, 0.15) is 0 Å². The number of aromatic nitrogens is 1. The van der Waals surface area contributed by atoms with Crippen molar-refractivity contribution in [3.05, 3.63) is 39.8 Å². The smallest absolute Gasteiger partial charge is 0.224 e. The van der Waals surface area contributed by atoms with Crippen LogP contribution in [0.4, 0.5) is 0 Å². The van der Waals surface area contributed by atoms with Crippen molar-refractivity contribution in [2.45, 2.75) is 39.2 Å². The van der Waals surface area contributed by atoms with Crippen molar-refractivity contribution in [2.75, 3.05) is 33.9 Å². The topological polar surface area (TPSA) is 63.7 Å². The Morgan fingerprint density at radius 3 is 2.66 bits per heavy atom. The number of thiazole rings is 1. The summed E-state index contributed by atoms with van der Waals surface area (Å²) in [6.07, 6.45) is 3.58. The zero-order valence-electron chi connectivity index (χ0n) is 17.6. The quantitative estimate of drug-likeness (QED) is 0.678. The lowest BCUT2D eigenvalue weighted by molar-refractivity contribution is -0.120. The third-order valence-electron chi connectivity index (χ3n) is 5.40. The number of benzene rings is 1. The molecule has 1 aliphatic heterocycles. The van der Waals surface area contributed by atoms with Crippen LogP contribution in [0.25, 0.3) is 0 Å². The molecule has 1 aromatic carbocycles. The van der Waals surface area contributed by atoms with Gasteiger partial charge in [0, 0.05) is 18.5 Å². The number of aryl methyl sites for hydroxylation is 1. The highest BCUT2D eigenvalue weighted by atomic mass is 32.1. The van der Waals surface area contributed by atoms with Crippen molar-refractivity contribution in [3.8, 4) is 11.5 Å². The minimum Gasteiger partial charge on any atom is -0.493 e. The number of methoxy groups -OCH3 is 2. The summed E-state index contributed by atoms with van der Waals surface area (Å²) in [4.78, 5) is 19.5. The second-order valence-electron chi connectivity index (χ2n) is 7.48. The lowest BCUT2D eigenvalue weighted by Gasteiger charge is -2.31. The molecule has 0 bridgehead atoms. The highest BCUT2D eigenvalue weighted by molar-refractivity contribution is 7.09. The molecule has 1 amide bonds. The molecular weight excluding hydrogens is 386 g/mol. The number of piperidine rings is 1. The first-order valence-electron chi connectivity index (χ1n) is 10.2. The Labute approximate surface area is 177 Å². The number of nitrogens with one attached hydrogen (secondary N) is 1. The van der Waals surface area contributed by atoms with Gasteiger partial charge in [-0.25, -0.2) is 4.98 Å². The van der Waals surface area contributed by atoms with Crippen molar-refractivity contribution in [3.63, 3.8) is 0 Å². The summed E-state index contributed by atoms with van der Waals surface area (Å²) in [5, 5.41) is 6.50. The highest BCUT2D eigenvalue weighted by Crippen LogP contribution is 2.27. The number of carbonyl (C=O) groups excluding carboxylic acids is 1. The van der Waals surface area contributed by atoms with Crippen LogP contribution >= 0.6 is 11.3 Å². The third-order valence-corrected chi connectivity index (χ3v) is 6.44. The minimum atomic E-state index is 0.0502. The number of ether oxygens (including phenoxy) is 2. The van der Waals surface area contributed by atoms with Crippen LogP contribution in [0, 0.1) is 5.92 Å². The van der Waals surface area contributed by atoms with Gasteiger partial charge < -0.3 is 14.8 Å². The van der Waals surface area contributed by atoms with Crippen LogP contribution in [0.2, 0.25) is 0 Å². The molecular formula is C22H31N3O3S. The Balaban J connectivity index is 1.39. The third kappa shape index (κ3) is 6.18. The summed E-state index contributed by atoms with van der Waals surface area (Å²) in [7, 11) is 3.21. The Kier molecular flexibility index (Phi) is 7.89. The van der Waals surface area contributed by atoms with Gasteiger partial charge in [0.15, 0.2) is 11.5 Å². The van der Waals surface area contributed by atoms with Gasteiger partial charge in [0.25, 0.3) is 0 Å². The van der Waals surface area contributed by atoms with E-state index in [0.717, 1.165) is 51.0 Å². The second-order valence-corrected chi connectivity index (χ2v) is 8.42. The van der Waals surface area contributed by atoms with E-state index in [4.69, 9.17) is 9.47 Å². The van der Waals surface area contributed by atoms with Crippen LogP contribution in [0.15, 0.2) is 23.6 Å². The zero-order chi connectivity index (χ0) is 20.6. The van der Waals surface area contributed by atoms with Crippen molar-refractivity contribution in [2.24, 2.45) is 5.92 Å². The number of hydrogen-bond acceptors (Lipinski definition) is 6. The van der Waals surface area contributed by atoms with E-state index in [1.807, 2.05) is 18.2 Å². The Bertz CT molecular complexity index is 800. The Morgan fingerprint density at radius 1 is 1.24 bits per heavy atom. The normalized spacial score (nSPS) is 15.3. The SMILES string of the molecule is CCc1nc(CN2CCC(CNC(=O)Cc3ccc(OC)c(OC)c3)CC2)cs1. The van der Waals surface area contributed by atoms with E-state index in [9.17, 15) is 4.79 Å². The van der Waals surface area contributed by atoms with Crippen LogP contribution in [0.1, 0.15) is 36.0 Å². The molecule has 2 heterocycles. The van der Waals surface area contributed by atoms with E-state index >= 15 is 0 Å². The number of rotatable bonds is 9. The molecule has 29 heavy (non-hydrogen) atoms. The second kappa shape index (κ2) is 10.6. The van der Waals surface area contributed by atoms with Gasteiger partial charge in [-0.1, -0.05) is 13.0 Å². The molecule has 0 spiro atoms. The molecule has 1 saturated heterocycles. The van der Waals surface area contributed by atoms with Gasteiger partial charge in [-0.05, 0) is 56.0 Å². The lowest BCUT2D eigenvalue weighted by atomic mass is 9.96. The number of nitrogens with zero attached hydrogens (tertiary/aromatic N) is 2. The molecule has 7 heteroatoms. The van der Waals surface area contributed by atoms with Gasteiger partial charge in [-0.2, -0.15) is 0 Å². The predicted octanol–water partition coefficient (Wildman–Crippen LogP) is 3.29. The maximum Gasteiger partial charge on any atom is 0.224 e. The van der Waals surface area contributed by atoms with Crippen LogP contribution < -0.4 is 14.8 Å². The molecule has 1 aliphatic rings. The maximum absolute atomic E-state index is 12.3. The molecule has 3 rings (SSSR count). The first-order chi connectivity index (χ1) is 14.1. The molecule has 1 aromatic heterocycles. The molecule has 0 aliphatic carbocycles. The number of likely N-dealkylation sites (tertiary alicyclic amines) is 1. The van der Waals surface area contributed by atoms with Crippen LogP contribution in [0.5, 0.6) is 11.5 Å². The van der Waals surface area contributed by atoms with E-state index < -0.39 is 0 Å². The molecule has 0 saturated carbocycles. The summed E-state index contributed by atoms with van der Waals surface area (Å²) in [6.45, 7) is 5.96. The molecule has 1 N–H and O–H groups in total. The molecule has 6 nitrogen and oxygen atoms in total. The average Bonchev–Trinajstić information content (AvgIpc) is 3.20. The van der Waals surface area contributed by atoms with Crippen molar-refractivity contribution in [1.29, 1.82) is 0 Å². The monoisotopic (exact) mass is 417 g/mol. The fraction of sp³-hybridized carbons (Fsp3) is 0.545. The fourth-order valence-electron chi connectivity index (χ4n) is 3.66. The first kappa shape index (κ1) is 21.6. The molecule has 0 radical (unpaired) electrons. The molecule has 0 atom stereocenters. The van der Waals surface area contributed by atoms with E-state index in [1.165, 1.54) is 10.7 Å². The van der Waals surface area contributed by atoms with Crippen molar-refractivity contribution in [1.82, 2.24) is 15.2 Å². The largest absolute Gasteiger partial charge is 0.493 e. The predicted molar refractivity (Wildman–Crippen MR) is 116 cm³/mol. The van der Waals surface area contributed by atoms with Crippen LogP contribution in [0.3, 0.4) is 0 Å². The summed E-state index contributed by atoms with van der Waals surface area (Å²) in [6, 6.07) is 5.60. The molecule has 1 fully saturated rings. The lowest BCUT2D eigenvalue weighted by Crippen LogP contribution is -2.38.